The summed E-state index contributed by atoms with van der Waals surface area (Å²) in [6.07, 6.45) is 3.33. The number of guanidine groups is 1. The summed E-state index contributed by atoms with van der Waals surface area (Å²) in [7, 11) is 1.39. The van der Waals surface area contributed by atoms with Gasteiger partial charge in [0.1, 0.15) is 0 Å². The van der Waals surface area contributed by atoms with E-state index < -0.39 is 0 Å². The van der Waals surface area contributed by atoms with Gasteiger partial charge in [0, 0.05) is 19.7 Å². The zero-order valence-corrected chi connectivity index (χ0v) is 14.5. The largest absolute Gasteiger partial charge is 0.465 e. The zero-order valence-electron chi connectivity index (χ0n) is 14.5. The first-order valence-electron chi connectivity index (χ1n) is 8.54. The van der Waals surface area contributed by atoms with E-state index >= 15 is 0 Å². The van der Waals surface area contributed by atoms with E-state index in [9.17, 15) is 4.79 Å². The van der Waals surface area contributed by atoms with Crippen molar-refractivity contribution in [2.75, 3.05) is 33.4 Å². The first-order valence-corrected chi connectivity index (χ1v) is 8.54. The predicted octanol–water partition coefficient (Wildman–Crippen LogP) is 1.75. The smallest absolute Gasteiger partial charge is 0.337 e. The lowest BCUT2D eigenvalue weighted by Gasteiger charge is -2.13. The number of carbonyl (C=O) groups is 1. The van der Waals surface area contributed by atoms with Crippen LogP contribution in [0.5, 0.6) is 0 Å². The van der Waals surface area contributed by atoms with Gasteiger partial charge in [-0.1, -0.05) is 12.1 Å². The number of methoxy groups -OCH3 is 1. The van der Waals surface area contributed by atoms with E-state index in [1.54, 1.807) is 12.1 Å². The number of nitrogens with one attached hydrogen (secondary N) is 2. The van der Waals surface area contributed by atoms with Crippen molar-refractivity contribution in [1.82, 2.24) is 10.6 Å². The van der Waals surface area contributed by atoms with Crippen LogP contribution in [0.1, 0.15) is 35.7 Å². The highest BCUT2D eigenvalue weighted by Gasteiger charge is 2.14. The normalized spacial score (nSPS) is 17.6. The van der Waals surface area contributed by atoms with E-state index in [4.69, 9.17) is 9.47 Å². The van der Waals surface area contributed by atoms with Crippen LogP contribution < -0.4 is 10.6 Å². The third kappa shape index (κ3) is 5.85. The molecule has 1 fully saturated rings. The molecule has 6 heteroatoms. The molecule has 0 aliphatic carbocycles. The van der Waals surface area contributed by atoms with Crippen molar-refractivity contribution >= 4 is 11.9 Å². The summed E-state index contributed by atoms with van der Waals surface area (Å²) < 4.78 is 10.3. The Labute approximate surface area is 143 Å². The average molecular weight is 333 g/mol. The number of esters is 1. The number of hydrogen-bond donors (Lipinski definition) is 2. The molecular formula is C18H27N3O3. The van der Waals surface area contributed by atoms with Gasteiger partial charge in [0.15, 0.2) is 5.96 Å². The van der Waals surface area contributed by atoms with Gasteiger partial charge in [0.05, 0.1) is 25.3 Å². The predicted molar refractivity (Wildman–Crippen MR) is 94.4 cm³/mol. The van der Waals surface area contributed by atoms with Crippen LogP contribution in [0.15, 0.2) is 29.3 Å². The monoisotopic (exact) mass is 333 g/mol. The zero-order chi connectivity index (χ0) is 17.2. The summed E-state index contributed by atoms with van der Waals surface area (Å²) in [5.74, 6) is 0.509. The fourth-order valence-electron chi connectivity index (χ4n) is 2.57. The van der Waals surface area contributed by atoms with E-state index in [-0.39, 0.29) is 12.1 Å². The van der Waals surface area contributed by atoms with Gasteiger partial charge in [-0.05, 0) is 43.9 Å². The third-order valence-corrected chi connectivity index (χ3v) is 3.90. The van der Waals surface area contributed by atoms with Crippen LogP contribution in [0.2, 0.25) is 0 Å². The first-order chi connectivity index (χ1) is 11.7. The fraction of sp³-hybridized carbons (Fsp3) is 0.556. The molecule has 2 N–H and O–H groups in total. The molecule has 0 bridgehead atoms. The maximum atomic E-state index is 11.4. The number of hydrogen-bond acceptors (Lipinski definition) is 4. The maximum absolute atomic E-state index is 11.4. The summed E-state index contributed by atoms with van der Waals surface area (Å²) in [6, 6.07) is 7.48. The molecular weight excluding hydrogens is 306 g/mol. The second kappa shape index (κ2) is 9.93. The lowest BCUT2D eigenvalue weighted by atomic mass is 10.1. The van der Waals surface area contributed by atoms with Crippen molar-refractivity contribution in [1.29, 1.82) is 0 Å². The Morgan fingerprint density at radius 3 is 2.75 bits per heavy atom. The Hall–Kier alpha value is -2.08. The van der Waals surface area contributed by atoms with E-state index in [0.29, 0.717) is 12.1 Å². The molecule has 0 radical (unpaired) electrons. The summed E-state index contributed by atoms with van der Waals surface area (Å²) in [4.78, 5) is 16.0. The standard InChI is InChI=1S/C18H27N3O3/c1-3-19-18(21-13-16-5-4-12-24-16)20-11-10-14-6-8-15(9-7-14)17(22)23-2/h6-9,16H,3-5,10-13H2,1-2H3,(H2,19,20,21). The van der Waals surface area contributed by atoms with Crippen LogP contribution in [0, 0.1) is 0 Å². The van der Waals surface area contributed by atoms with E-state index in [1.165, 1.54) is 7.11 Å². The molecule has 0 amide bonds. The van der Waals surface area contributed by atoms with Crippen LogP contribution in [-0.4, -0.2) is 51.4 Å². The van der Waals surface area contributed by atoms with Crippen LogP contribution in [0.3, 0.4) is 0 Å². The number of rotatable bonds is 7. The summed E-state index contributed by atoms with van der Waals surface area (Å²) in [5.41, 5.74) is 1.73. The third-order valence-electron chi connectivity index (χ3n) is 3.90. The second-order valence-corrected chi connectivity index (χ2v) is 5.72. The molecule has 132 valence electrons. The van der Waals surface area contributed by atoms with Gasteiger partial charge >= 0.3 is 5.97 Å². The van der Waals surface area contributed by atoms with Crippen LogP contribution in [-0.2, 0) is 15.9 Å². The van der Waals surface area contributed by atoms with Crippen molar-refractivity contribution in [3.8, 4) is 0 Å². The number of aliphatic imine (C=N–C) groups is 1. The van der Waals surface area contributed by atoms with Gasteiger partial charge in [-0.2, -0.15) is 0 Å². The first kappa shape index (κ1) is 18.3. The van der Waals surface area contributed by atoms with Crippen molar-refractivity contribution in [3.63, 3.8) is 0 Å². The van der Waals surface area contributed by atoms with Gasteiger partial charge in [0.25, 0.3) is 0 Å². The van der Waals surface area contributed by atoms with Crippen LogP contribution >= 0.6 is 0 Å². The molecule has 0 aromatic heterocycles. The molecule has 2 rings (SSSR count). The molecule has 1 aliphatic rings. The van der Waals surface area contributed by atoms with E-state index in [0.717, 1.165) is 50.5 Å². The van der Waals surface area contributed by atoms with Crippen molar-refractivity contribution in [2.45, 2.75) is 32.3 Å². The molecule has 1 atom stereocenters. The fourth-order valence-corrected chi connectivity index (χ4v) is 2.57. The number of ether oxygens (including phenoxy) is 2. The van der Waals surface area contributed by atoms with Gasteiger partial charge in [-0.15, -0.1) is 0 Å². The van der Waals surface area contributed by atoms with Crippen molar-refractivity contribution < 1.29 is 14.3 Å². The van der Waals surface area contributed by atoms with E-state index in [2.05, 4.69) is 22.5 Å². The summed E-state index contributed by atoms with van der Waals surface area (Å²) in [6.45, 7) is 5.20. The number of carbonyl (C=O) groups excluding carboxylic acids is 1. The Morgan fingerprint density at radius 2 is 2.12 bits per heavy atom. The summed E-state index contributed by atoms with van der Waals surface area (Å²) in [5, 5.41) is 6.58. The SMILES string of the molecule is CCNC(=NCC1CCCO1)NCCc1ccc(C(=O)OC)cc1. The molecule has 0 saturated carbocycles. The minimum atomic E-state index is -0.310. The van der Waals surface area contributed by atoms with Gasteiger partial charge < -0.3 is 20.1 Å². The maximum Gasteiger partial charge on any atom is 0.337 e. The minimum Gasteiger partial charge on any atom is -0.465 e. The molecule has 1 heterocycles. The molecule has 1 unspecified atom stereocenters. The lowest BCUT2D eigenvalue weighted by Crippen LogP contribution is -2.38. The molecule has 1 aromatic carbocycles. The number of benzene rings is 1. The van der Waals surface area contributed by atoms with Crippen molar-refractivity contribution in [2.24, 2.45) is 4.99 Å². The number of nitrogens with zero attached hydrogens (tertiary/aromatic N) is 1. The minimum absolute atomic E-state index is 0.256. The quantitative estimate of drug-likeness (QED) is 0.452. The topological polar surface area (TPSA) is 72.0 Å². The highest BCUT2D eigenvalue weighted by Crippen LogP contribution is 2.11. The molecule has 0 spiro atoms. The Balaban J connectivity index is 1.78. The Morgan fingerprint density at radius 1 is 1.33 bits per heavy atom. The molecule has 24 heavy (non-hydrogen) atoms. The average Bonchev–Trinajstić information content (AvgIpc) is 3.13. The van der Waals surface area contributed by atoms with Crippen molar-refractivity contribution in [3.05, 3.63) is 35.4 Å². The highest BCUT2D eigenvalue weighted by molar-refractivity contribution is 5.89. The molecule has 1 saturated heterocycles. The molecule has 1 aliphatic heterocycles. The Kier molecular flexibility index (Phi) is 7.55. The second-order valence-electron chi connectivity index (χ2n) is 5.72. The highest BCUT2D eigenvalue weighted by atomic mass is 16.5. The van der Waals surface area contributed by atoms with Gasteiger partial charge in [0.2, 0.25) is 0 Å². The Bertz CT molecular complexity index is 537. The lowest BCUT2D eigenvalue weighted by molar-refractivity contribution is 0.0600. The van der Waals surface area contributed by atoms with Crippen LogP contribution in [0.4, 0.5) is 0 Å². The van der Waals surface area contributed by atoms with Gasteiger partial charge in [-0.3, -0.25) is 4.99 Å². The molecule has 6 nitrogen and oxygen atoms in total. The van der Waals surface area contributed by atoms with Crippen LogP contribution in [0.25, 0.3) is 0 Å². The molecule has 1 aromatic rings. The van der Waals surface area contributed by atoms with E-state index in [1.807, 2.05) is 12.1 Å². The summed E-state index contributed by atoms with van der Waals surface area (Å²) >= 11 is 0. The van der Waals surface area contributed by atoms with Gasteiger partial charge in [-0.25, -0.2) is 4.79 Å².